The first-order valence-corrected chi connectivity index (χ1v) is 12.9. The van der Waals surface area contributed by atoms with E-state index in [0.29, 0.717) is 19.4 Å². The van der Waals surface area contributed by atoms with Crippen molar-refractivity contribution in [2.45, 2.75) is 68.8 Å². The van der Waals surface area contributed by atoms with Crippen molar-refractivity contribution >= 4 is 10.0 Å². The number of primary sulfonamides is 1. The fraction of sp³-hybridized carbons (Fsp3) is 0.400. The van der Waals surface area contributed by atoms with Crippen molar-refractivity contribution in [2.75, 3.05) is 0 Å². The summed E-state index contributed by atoms with van der Waals surface area (Å²) >= 11 is 0. The van der Waals surface area contributed by atoms with Gasteiger partial charge in [-0.1, -0.05) is 43.3 Å². The fourth-order valence-electron chi connectivity index (χ4n) is 4.52. The molecular weight excluding hydrogens is 438 g/mol. The second-order valence-electron chi connectivity index (χ2n) is 8.64. The second-order valence-corrected chi connectivity index (χ2v) is 10.2. The molecule has 1 aliphatic rings. The van der Waals surface area contributed by atoms with Crippen molar-refractivity contribution < 1.29 is 18.3 Å². The van der Waals surface area contributed by atoms with Crippen LogP contribution in [0.3, 0.4) is 0 Å². The Morgan fingerprint density at radius 2 is 1.91 bits per heavy atom. The summed E-state index contributed by atoms with van der Waals surface area (Å²) in [6, 6.07) is 14.9. The third-order valence-electron chi connectivity index (χ3n) is 6.35. The van der Waals surface area contributed by atoms with Gasteiger partial charge in [0, 0.05) is 5.56 Å². The van der Waals surface area contributed by atoms with Crippen LogP contribution in [0.1, 0.15) is 56.2 Å². The standard InChI is InChI=1S/C25H31N3O4S/c1-2-20(32-16-18-10-12-21(13-11-18)33(26,30)31)7-5-6-19(29)14-24-22-8-3-4-9-23(22)25-15-27-17-28(24)25/h3-4,8-13,15,17,19-20,24,29H,2,5-7,14,16H2,1H3,(H2,26,30,31)/t19?,20-,24?/m1/s1. The zero-order chi connectivity index (χ0) is 23.4. The van der Waals surface area contributed by atoms with Gasteiger partial charge < -0.3 is 14.4 Å². The molecule has 3 N–H and O–H groups in total. The molecule has 0 radical (unpaired) electrons. The van der Waals surface area contributed by atoms with Crippen molar-refractivity contribution in [3.8, 4) is 11.3 Å². The van der Waals surface area contributed by atoms with Crippen molar-refractivity contribution in [1.29, 1.82) is 0 Å². The number of benzene rings is 2. The Morgan fingerprint density at radius 3 is 2.64 bits per heavy atom. The molecular formula is C25H31N3O4S. The molecule has 4 rings (SSSR count). The Kier molecular flexibility index (Phi) is 7.29. The summed E-state index contributed by atoms with van der Waals surface area (Å²) in [5, 5.41) is 15.9. The van der Waals surface area contributed by atoms with Crippen LogP contribution in [-0.4, -0.2) is 35.3 Å². The third kappa shape index (κ3) is 5.52. The minimum Gasteiger partial charge on any atom is -0.393 e. The third-order valence-corrected chi connectivity index (χ3v) is 7.28. The zero-order valence-electron chi connectivity index (χ0n) is 18.8. The van der Waals surface area contributed by atoms with Gasteiger partial charge in [-0.15, -0.1) is 0 Å². The molecule has 0 saturated heterocycles. The van der Waals surface area contributed by atoms with Crippen LogP contribution >= 0.6 is 0 Å². The number of rotatable bonds is 11. The van der Waals surface area contributed by atoms with Gasteiger partial charge in [-0.25, -0.2) is 18.5 Å². The highest BCUT2D eigenvalue weighted by atomic mass is 32.2. The van der Waals surface area contributed by atoms with Gasteiger partial charge in [0.05, 0.1) is 48.0 Å². The average Bonchev–Trinajstić information content (AvgIpc) is 3.38. The maximum Gasteiger partial charge on any atom is 0.238 e. The molecule has 8 heteroatoms. The molecule has 0 spiro atoms. The summed E-state index contributed by atoms with van der Waals surface area (Å²) in [6.45, 7) is 2.50. The van der Waals surface area contributed by atoms with Crippen LogP contribution in [0.25, 0.3) is 11.3 Å². The summed E-state index contributed by atoms with van der Waals surface area (Å²) in [6.07, 6.45) is 7.40. The average molecular weight is 470 g/mol. The van der Waals surface area contributed by atoms with E-state index in [9.17, 15) is 13.5 Å². The number of ether oxygens (including phenoxy) is 1. The number of nitrogens with zero attached hydrogens (tertiary/aromatic N) is 2. The van der Waals surface area contributed by atoms with Gasteiger partial charge in [-0.05, 0) is 55.4 Å². The summed E-state index contributed by atoms with van der Waals surface area (Å²) in [5.41, 5.74) is 4.46. The van der Waals surface area contributed by atoms with Gasteiger partial charge in [0.1, 0.15) is 0 Å². The molecule has 1 aliphatic heterocycles. The maximum absolute atomic E-state index is 11.4. The molecule has 2 heterocycles. The lowest BCUT2D eigenvalue weighted by Crippen LogP contribution is -2.17. The van der Waals surface area contributed by atoms with E-state index in [2.05, 4.69) is 28.6 Å². The van der Waals surface area contributed by atoms with E-state index in [1.807, 2.05) is 24.7 Å². The second kappa shape index (κ2) is 10.2. The zero-order valence-corrected chi connectivity index (χ0v) is 19.6. The van der Waals surface area contributed by atoms with Gasteiger partial charge in [-0.3, -0.25) is 0 Å². The molecule has 33 heavy (non-hydrogen) atoms. The van der Waals surface area contributed by atoms with Crippen LogP contribution in [0.2, 0.25) is 0 Å². The van der Waals surface area contributed by atoms with Crippen LogP contribution in [0, 0.1) is 0 Å². The monoisotopic (exact) mass is 469 g/mol. The van der Waals surface area contributed by atoms with E-state index >= 15 is 0 Å². The Hall–Kier alpha value is -2.52. The molecule has 176 valence electrons. The predicted octanol–water partition coefficient (Wildman–Crippen LogP) is 4.02. The Labute approximate surface area is 195 Å². The molecule has 0 fully saturated rings. The molecule has 0 aliphatic carbocycles. The van der Waals surface area contributed by atoms with Crippen LogP contribution < -0.4 is 5.14 Å². The SMILES string of the molecule is CC[C@H](CCCC(O)CC1c2ccccc2-c2cncn21)OCc1ccc(S(N)(=O)=O)cc1. The number of nitrogens with two attached hydrogens (primary N) is 1. The van der Waals surface area contributed by atoms with E-state index in [1.165, 1.54) is 23.3 Å². The highest BCUT2D eigenvalue weighted by Crippen LogP contribution is 2.41. The summed E-state index contributed by atoms with van der Waals surface area (Å²) in [5.74, 6) is 0. The van der Waals surface area contributed by atoms with Crippen LogP contribution in [-0.2, 0) is 21.4 Å². The molecule has 0 saturated carbocycles. The number of imidazole rings is 1. The minimum atomic E-state index is -3.68. The highest BCUT2D eigenvalue weighted by Gasteiger charge is 2.29. The van der Waals surface area contributed by atoms with Gasteiger partial charge in [0.25, 0.3) is 0 Å². The van der Waals surface area contributed by atoms with Gasteiger partial charge >= 0.3 is 0 Å². The van der Waals surface area contributed by atoms with Crippen LogP contribution in [0.4, 0.5) is 0 Å². The number of fused-ring (bicyclic) bond motifs is 3. The topological polar surface area (TPSA) is 107 Å². The molecule has 3 atom stereocenters. The lowest BCUT2D eigenvalue weighted by atomic mass is 9.96. The quantitative estimate of drug-likeness (QED) is 0.441. The minimum absolute atomic E-state index is 0.0857. The van der Waals surface area contributed by atoms with Crippen LogP contribution in [0.15, 0.2) is 66.0 Å². The van der Waals surface area contributed by atoms with Crippen LogP contribution in [0.5, 0.6) is 0 Å². The van der Waals surface area contributed by atoms with Crippen molar-refractivity contribution in [2.24, 2.45) is 5.14 Å². The first-order valence-electron chi connectivity index (χ1n) is 11.4. The van der Waals surface area contributed by atoms with E-state index in [-0.39, 0.29) is 17.0 Å². The van der Waals surface area contributed by atoms with Gasteiger partial charge in [0.2, 0.25) is 10.0 Å². The molecule has 1 aromatic heterocycles. The van der Waals surface area contributed by atoms with Crippen molar-refractivity contribution in [3.05, 3.63) is 72.2 Å². The summed E-state index contributed by atoms with van der Waals surface area (Å²) in [4.78, 5) is 4.38. The number of aliphatic hydroxyl groups excluding tert-OH is 1. The first kappa shape index (κ1) is 23.6. The predicted molar refractivity (Wildman–Crippen MR) is 127 cm³/mol. The lowest BCUT2D eigenvalue weighted by molar-refractivity contribution is 0.0278. The number of aromatic nitrogens is 2. The normalized spacial score (nSPS) is 16.9. The van der Waals surface area contributed by atoms with E-state index < -0.39 is 16.1 Å². The molecule has 0 bridgehead atoms. The van der Waals surface area contributed by atoms with Crippen molar-refractivity contribution in [1.82, 2.24) is 9.55 Å². The summed E-state index contributed by atoms with van der Waals surface area (Å²) in [7, 11) is -3.68. The Balaban J connectivity index is 1.25. The Morgan fingerprint density at radius 1 is 1.15 bits per heavy atom. The first-order chi connectivity index (χ1) is 15.9. The molecule has 7 nitrogen and oxygen atoms in total. The number of hydrogen-bond donors (Lipinski definition) is 2. The largest absolute Gasteiger partial charge is 0.393 e. The van der Waals surface area contributed by atoms with E-state index in [0.717, 1.165) is 30.5 Å². The Bertz CT molecular complexity index is 1170. The lowest BCUT2D eigenvalue weighted by Gasteiger charge is -2.20. The number of sulfonamides is 1. The molecule has 3 aromatic rings. The van der Waals surface area contributed by atoms with E-state index in [4.69, 9.17) is 9.88 Å². The molecule has 2 unspecified atom stereocenters. The van der Waals surface area contributed by atoms with Gasteiger partial charge in [0.15, 0.2) is 0 Å². The smallest absolute Gasteiger partial charge is 0.238 e. The van der Waals surface area contributed by atoms with E-state index in [1.54, 1.807) is 12.1 Å². The summed E-state index contributed by atoms with van der Waals surface area (Å²) < 4.78 is 30.9. The molecule has 0 amide bonds. The van der Waals surface area contributed by atoms with Gasteiger partial charge in [-0.2, -0.15) is 0 Å². The number of aliphatic hydroxyl groups is 1. The van der Waals surface area contributed by atoms with Crippen molar-refractivity contribution in [3.63, 3.8) is 0 Å². The maximum atomic E-state index is 11.4. The fourth-order valence-corrected chi connectivity index (χ4v) is 5.04. The highest BCUT2D eigenvalue weighted by molar-refractivity contribution is 7.89. The molecule has 2 aromatic carbocycles. The number of hydrogen-bond acceptors (Lipinski definition) is 5.